The monoisotopic (exact) mass is 1400 g/mol. The fourth-order valence-electron chi connectivity index (χ4n) is 9.71. The van der Waals surface area contributed by atoms with E-state index in [1.807, 2.05) is 33.0 Å². The first-order chi connectivity index (χ1) is 48.3. The Labute approximate surface area is 583 Å². The molecule has 550 valence electrons. The number of amides is 7. The normalized spacial score (nSPS) is 11.3. The second-order valence-electron chi connectivity index (χ2n) is 22.8. The number of methoxy groups -OCH3 is 2. The highest BCUT2D eigenvalue weighted by Gasteiger charge is 2.21. The maximum atomic E-state index is 13.0. The lowest BCUT2D eigenvalue weighted by atomic mass is 10.0. The van der Waals surface area contributed by atoms with Gasteiger partial charge in [-0.1, -0.05) is 0 Å². The first kappa shape index (κ1) is 81.3. The second-order valence-corrected chi connectivity index (χ2v) is 22.8. The highest BCUT2D eigenvalue weighted by Crippen LogP contribution is 2.34. The molecule has 0 aliphatic rings. The fraction of sp³-hybridized carbons (Fsp3) is 0.537. The van der Waals surface area contributed by atoms with Gasteiger partial charge in [-0.05, 0) is 83.2 Å². The summed E-state index contributed by atoms with van der Waals surface area (Å²) in [6.45, 7) is 12.0. The third kappa shape index (κ3) is 29.2. The molecule has 0 fully saturated rings. The molecule has 0 aliphatic heterocycles. The number of anilines is 3. The van der Waals surface area contributed by atoms with E-state index in [1.54, 1.807) is 53.6 Å². The van der Waals surface area contributed by atoms with Gasteiger partial charge < -0.3 is 109 Å². The van der Waals surface area contributed by atoms with Gasteiger partial charge >= 0.3 is 0 Å². The summed E-state index contributed by atoms with van der Waals surface area (Å²) in [6.07, 6.45) is 7.12. The van der Waals surface area contributed by atoms with Crippen LogP contribution in [0.2, 0.25) is 0 Å². The quantitative estimate of drug-likeness (QED) is 0.0117. The van der Waals surface area contributed by atoms with Crippen LogP contribution >= 0.6 is 0 Å². The van der Waals surface area contributed by atoms with Crippen LogP contribution in [-0.2, 0) is 68.7 Å². The average Bonchev–Trinajstić information content (AvgIpc) is 1.15. The Morgan fingerprint density at radius 2 is 1.02 bits per heavy atom. The number of imidazole rings is 2. The molecule has 5 rings (SSSR count). The van der Waals surface area contributed by atoms with Gasteiger partial charge in [0, 0.05) is 123 Å². The molecule has 0 unspecified atom stereocenters. The van der Waals surface area contributed by atoms with Crippen molar-refractivity contribution in [2.75, 3.05) is 183 Å². The van der Waals surface area contributed by atoms with Crippen molar-refractivity contribution < 1.29 is 81.0 Å². The van der Waals surface area contributed by atoms with Gasteiger partial charge in [0.05, 0.1) is 110 Å². The van der Waals surface area contributed by atoms with Crippen molar-refractivity contribution in [3.05, 3.63) is 88.5 Å². The lowest BCUT2D eigenvalue weighted by Crippen LogP contribution is -2.33. The number of aryl methyl sites for hydroxylation is 5. The first-order valence-corrected chi connectivity index (χ1v) is 33.0. The molecule has 0 saturated heterocycles. The molecule has 2 aromatic carbocycles. The van der Waals surface area contributed by atoms with Gasteiger partial charge in [-0.2, -0.15) is 0 Å². The van der Waals surface area contributed by atoms with E-state index in [1.165, 1.54) is 46.4 Å². The third-order valence-corrected chi connectivity index (χ3v) is 14.8. The van der Waals surface area contributed by atoms with Gasteiger partial charge in [0.15, 0.2) is 17.9 Å². The van der Waals surface area contributed by atoms with Crippen LogP contribution in [0.15, 0.2) is 53.9 Å². The van der Waals surface area contributed by atoms with E-state index in [-0.39, 0.29) is 92.1 Å². The SMILES string of the molecule is CNCCC(=O)Nc1cn(C)c(C(=O)Nc2cc(C(=O)NCCC(=O)Nc3cn(C)c(C(=O)NCCC(=O)NCCCN(C)CCCNC(=O)CCOCCOCCOCCOCCOCCOCCOc4c(C)cc(/C(=N/c5cc(OC)cc(OC)c5C=O)NC)cc4C)n3)n(C)c2)n1. The van der Waals surface area contributed by atoms with Crippen LogP contribution < -0.4 is 62.1 Å². The van der Waals surface area contributed by atoms with Gasteiger partial charge in [-0.3, -0.25) is 38.4 Å². The van der Waals surface area contributed by atoms with E-state index < -0.39 is 23.6 Å². The zero-order valence-electron chi connectivity index (χ0n) is 59.2. The number of amidine groups is 1. The molecule has 3 aromatic heterocycles. The largest absolute Gasteiger partial charge is 0.497 e. The van der Waals surface area contributed by atoms with Crippen LogP contribution in [0.1, 0.15) is 97.3 Å². The molecule has 33 nitrogen and oxygen atoms in total. The molecular formula is C67H100N16O17. The summed E-state index contributed by atoms with van der Waals surface area (Å²) in [7, 11) is 13.3. The smallest absolute Gasteiger partial charge is 0.291 e. The molecule has 0 saturated carbocycles. The Bertz CT molecular complexity index is 3440. The topological polar surface area (TPSA) is 384 Å². The number of benzene rings is 2. The number of nitrogens with one attached hydrogen (secondary N) is 9. The number of hydrogen-bond acceptors (Lipinski definition) is 22. The molecule has 5 aromatic rings. The Kier molecular flexibility index (Phi) is 36.9. The molecule has 100 heavy (non-hydrogen) atoms. The summed E-state index contributed by atoms with van der Waals surface area (Å²) in [5, 5.41) is 25.1. The highest BCUT2D eigenvalue weighted by molar-refractivity contribution is 6.04. The van der Waals surface area contributed by atoms with Crippen LogP contribution in [-0.4, -0.2) is 249 Å². The van der Waals surface area contributed by atoms with E-state index in [4.69, 9.17) is 47.6 Å². The van der Waals surface area contributed by atoms with Gasteiger partial charge in [0.1, 0.15) is 35.4 Å². The Balaban J connectivity index is 0.771. The minimum Gasteiger partial charge on any atom is -0.497 e. The van der Waals surface area contributed by atoms with Crippen molar-refractivity contribution in [2.24, 2.45) is 26.1 Å². The standard InChI is InChI=1S/C67H100N16O17/c1-46-37-48(62(69-4)75-52-40-50(92-9)41-54(93-10)51(52)45-84)38-47(2)61(46)100-36-35-99-34-33-98-32-31-97-30-29-96-28-27-95-26-25-94-24-16-58(86)71-18-12-23-80(5)22-11-17-70-57(85)14-20-73-66(90)63-78-55(43-82(63)7)77-60(88)15-21-72-65(89)53-39-49(42-81(53)6)74-67(91)64-79-56(44-83(64)8)76-59(87)13-19-68-3/h37-45,68H,11-36H2,1-10H3,(H,69,75)(H,70,85)(H,71,86)(H,72,89)(H,73,90)(H,74,91)(H,76,87)(H,77,88). The number of carbonyl (C=O) groups is 8. The van der Waals surface area contributed by atoms with Crippen molar-refractivity contribution >= 4 is 76.5 Å². The number of hydrogen-bond donors (Lipinski definition) is 9. The van der Waals surface area contributed by atoms with E-state index in [0.717, 1.165) is 42.0 Å². The molecule has 0 spiro atoms. The van der Waals surface area contributed by atoms with Crippen molar-refractivity contribution in [1.29, 1.82) is 0 Å². The molecule has 0 atom stereocenters. The van der Waals surface area contributed by atoms with Crippen LogP contribution in [0.3, 0.4) is 0 Å². The summed E-state index contributed by atoms with van der Waals surface area (Å²) in [5.74, 6) is -0.00956. The minimum atomic E-state index is -0.557. The van der Waals surface area contributed by atoms with E-state index in [0.29, 0.717) is 146 Å². The summed E-state index contributed by atoms with van der Waals surface area (Å²) >= 11 is 0. The summed E-state index contributed by atoms with van der Waals surface area (Å²) in [5.41, 5.74) is 3.93. The van der Waals surface area contributed by atoms with Crippen molar-refractivity contribution in [2.45, 2.75) is 52.4 Å². The fourth-order valence-corrected chi connectivity index (χ4v) is 9.71. The number of aliphatic imine (C=N–C) groups is 1. The summed E-state index contributed by atoms with van der Waals surface area (Å²) in [6, 6.07) is 8.73. The zero-order valence-corrected chi connectivity index (χ0v) is 59.2. The van der Waals surface area contributed by atoms with Gasteiger partial charge in [-0.15, -0.1) is 0 Å². The molecule has 0 radical (unpaired) electrons. The van der Waals surface area contributed by atoms with Gasteiger partial charge in [0.2, 0.25) is 35.3 Å². The summed E-state index contributed by atoms with van der Waals surface area (Å²) < 4.78 is 54.8. The highest BCUT2D eigenvalue weighted by atomic mass is 16.6. The van der Waals surface area contributed by atoms with Crippen LogP contribution in [0.5, 0.6) is 17.2 Å². The average molecular weight is 1400 g/mol. The van der Waals surface area contributed by atoms with E-state index >= 15 is 0 Å². The first-order valence-electron chi connectivity index (χ1n) is 33.0. The number of nitrogens with zero attached hydrogens (tertiary/aromatic N) is 7. The Morgan fingerprint density at radius 3 is 1.53 bits per heavy atom. The van der Waals surface area contributed by atoms with Crippen molar-refractivity contribution in [3.63, 3.8) is 0 Å². The van der Waals surface area contributed by atoms with Crippen LogP contribution in [0.4, 0.5) is 23.0 Å². The maximum Gasteiger partial charge on any atom is 0.291 e. The van der Waals surface area contributed by atoms with Crippen LogP contribution in [0, 0.1) is 13.8 Å². The molecule has 3 heterocycles. The predicted molar refractivity (Wildman–Crippen MR) is 373 cm³/mol. The lowest BCUT2D eigenvalue weighted by Gasteiger charge is -2.16. The Hall–Kier alpha value is -9.35. The lowest BCUT2D eigenvalue weighted by molar-refractivity contribution is -0.122. The Morgan fingerprint density at radius 1 is 0.530 bits per heavy atom. The number of ether oxygens (including phenoxy) is 9. The number of carbonyl (C=O) groups excluding carboxylic acids is 8. The molecular weight excluding hydrogens is 1300 g/mol. The van der Waals surface area contributed by atoms with Crippen molar-refractivity contribution in [1.82, 2.24) is 60.5 Å². The van der Waals surface area contributed by atoms with E-state index in [9.17, 15) is 38.4 Å². The number of rotatable bonds is 50. The zero-order chi connectivity index (χ0) is 72.6. The number of aromatic nitrogens is 5. The number of aldehydes is 1. The summed E-state index contributed by atoms with van der Waals surface area (Å²) in [4.78, 5) is 116. The third-order valence-electron chi connectivity index (χ3n) is 14.8. The minimum absolute atomic E-state index is 0.0184. The molecule has 7 amide bonds. The maximum absolute atomic E-state index is 13.0. The van der Waals surface area contributed by atoms with Crippen molar-refractivity contribution in [3.8, 4) is 17.2 Å². The van der Waals surface area contributed by atoms with Gasteiger partial charge in [0.25, 0.3) is 17.7 Å². The van der Waals surface area contributed by atoms with Gasteiger partial charge in [-0.25, -0.2) is 15.0 Å². The second kappa shape index (κ2) is 45.3. The molecule has 0 aliphatic carbocycles. The van der Waals surface area contributed by atoms with Crippen LogP contribution in [0.25, 0.3) is 0 Å². The molecule has 0 bridgehead atoms. The predicted octanol–water partition coefficient (Wildman–Crippen LogP) is 2.43. The molecule has 9 N–H and O–H groups in total. The van der Waals surface area contributed by atoms with E-state index in [2.05, 4.69) is 62.7 Å². The molecule has 33 heteroatoms.